The van der Waals surface area contributed by atoms with Gasteiger partial charge in [-0.1, -0.05) is 38.1 Å². The number of hydrogen-bond acceptors (Lipinski definition) is 5. The van der Waals surface area contributed by atoms with E-state index in [1.807, 2.05) is 26.0 Å². The monoisotopic (exact) mass is 392 g/mol. The molecule has 146 valence electrons. The van der Waals surface area contributed by atoms with Crippen LogP contribution in [0.5, 0.6) is 5.75 Å². The van der Waals surface area contributed by atoms with Crippen LogP contribution in [0, 0.1) is 16.0 Å². The molecule has 0 heterocycles. The molecule has 7 nitrogen and oxygen atoms in total. The second-order valence-corrected chi connectivity index (χ2v) is 8.51. The molecule has 1 atom stereocenters. The minimum absolute atomic E-state index is 0.128. The van der Waals surface area contributed by atoms with Gasteiger partial charge in [-0.25, -0.2) is 13.1 Å². The van der Waals surface area contributed by atoms with E-state index in [2.05, 4.69) is 4.72 Å². The van der Waals surface area contributed by atoms with E-state index in [0.29, 0.717) is 17.7 Å². The Labute approximate surface area is 159 Å². The number of ether oxygens (including phenoxy) is 1. The number of nitrogens with zero attached hydrogens (tertiary/aromatic N) is 1. The second-order valence-electron chi connectivity index (χ2n) is 6.76. The summed E-state index contributed by atoms with van der Waals surface area (Å²) < 4.78 is 33.2. The number of nitro groups is 1. The lowest BCUT2D eigenvalue weighted by atomic mass is 9.98. The molecule has 2 rings (SSSR count). The molecule has 2 aromatic carbocycles. The molecule has 0 radical (unpaired) electrons. The third kappa shape index (κ3) is 6.33. The Balaban J connectivity index is 2.21. The normalized spacial score (nSPS) is 12.7. The average molecular weight is 392 g/mol. The number of rotatable bonds is 9. The van der Waals surface area contributed by atoms with E-state index < -0.39 is 14.9 Å². The fraction of sp³-hybridized carbons (Fsp3) is 0.368. The van der Waals surface area contributed by atoms with Crippen molar-refractivity contribution in [3.05, 3.63) is 69.8 Å². The standard InChI is InChI=1S/C19H24N2O5S/c1-14(2)11-19(16-7-9-18(26-3)10-8-16)20-27(24,25)13-15-5-4-6-17(12-15)21(22)23/h4-10,12,14,19-20H,11,13H2,1-3H3. The molecule has 27 heavy (non-hydrogen) atoms. The molecule has 0 aliphatic rings. The molecule has 0 bridgehead atoms. The van der Waals surface area contributed by atoms with Crippen LogP contribution in [0.3, 0.4) is 0 Å². The fourth-order valence-corrected chi connectivity index (χ4v) is 4.17. The van der Waals surface area contributed by atoms with E-state index in [9.17, 15) is 18.5 Å². The van der Waals surface area contributed by atoms with Crippen LogP contribution in [0.15, 0.2) is 48.5 Å². The summed E-state index contributed by atoms with van der Waals surface area (Å²) in [5.74, 6) is 0.651. The van der Waals surface area contributed by atoms with Crippen molar-refractivity contribution in [2.24, 2.45) is 5.92 Å². The second kappa shape index (κ2) is 8.96. The summed E-state index contributed by atoms with van der Waals surface area (Å²) in [7, 11) is -2.12. The van der Waals surface area contributed by atoms with Crippen molar-refractivity contribution in [1.29, 1.82) is 0 Å². The Morgan fingerprint density at radius 1 is 1.15 bits per heavy atom. The minimum atomic E-state index is -3.69. The lowest BCUT2D eigenvalue weighted by molar-refractivity contribution is -0.384. The van der Waals surface area contributed by atoms with Crippen LogP contribution in [0.2, 0.25) is 0 Å². The number of nitro benzene ring substituents is 1. The number of non-ortho nitro benzene ring substituents is 1. The highest BCUT2D eigenvalue weighted by molar-refractivity contribution is 7.88. The first-order valence-corrected chi connectivity index (χ1v) is 10.2. The van der Waals surface area contributed by atoms with Gasteiger partial charge in [-0.05, 0) is 35.6 Å². The summed E-state index contributed by atoms with van der Waals surface area (Å²) in [5.41, 5.74) is 1.08. The van der Waals surface area contributed by atoms with Crippen molar-refractivity contribution < 1.29 is 18.1 Å². The maximum absolute atomic E-state index is 12.7. The van der Waals surface area contributed by atoms with E-state index in [1.54, 1.807) is 25.3 Å². The number of methoxy groups -OCH3 is 1. The highest BCUT2D eigenvalue weighted by Gasteiger charge is 2.22. The van der Waals surface area contributed by atoms with Gasteiger partial charge in [0.15, 0.2) is 0 Å². The van der Waals surface area contributed by atoms with E-state index in [4.69, 9.17) is 4.74 Å². The van der Waals surface area contributed by atoms with Gasteiger partial charge >= 0.3 is 0 Å². The smallest absolute Gasteiger partial charge is 0.269 e. The predicted octanol–water partition coefficient (Wildman–Crippen LogP) is 3.81. The first-order chi connectivity index (χ1) is 12.7. The lowest BCUT2D eigenvalue weighted by Crippen LogP contribution is -2.30. The van der Waals surface area contributed by atoms with Crippen molar-refractivity contribution >= 4 is 15.7 Å². The molecule has 0 spiro atoms. The molecule has 8 heteroatoms. The van der Waals surface area contributed by atoms with Gasteiger partial charge in [-0.2, -0.15) is 0 Å². The molecule has 0 amide bonds. The van der Waals surface area contributed by atoms with Gasteiger partial charge in [0.25, 0.3) is 5.69 Å². The molecule has 2 aromatic rings. The van der Waals surface area contributed by atoms with E-state index in [0.717, 1.165) is 5.56 Å². The van der Waals surface area contributed by atoms with E-state index in [1.165, 1.54) is 18.2 Å². The fourth-order valence-electron chi connectivity index (χ4n) is 2.80. The van der Waals surface area contributed by atoms with Gasteiger partial charge < -0.3 is 4.74 Å². The van der Waals surface area contributed by atoms with Crippen LogP contribution in [0.25, 0.3) is 0 Å². The first-order valence-electron chi connectivity index (χ1n) is 8.57. The van der Waals surface area contributed by atoms with Crippen LogP contribution in [-0.4, -0.2) is 20.5 Å². The summed E-state index contributed by atoms with van der Waals surface area (Å²) in [5, 5.41) is 10.9. The number of benzene rings is 2. The van der Waals surface area contributed by atoms with Crippen molar-refractivity contribution in [3.8, 4) is 5.75 Å². The zero-order chi connectivity index (χ0) is 20.0. The molecule has 1 unspecified atom stereocenters. The van der Waals surface area contributed by atoms with Crippen molar-refractivity contribution in [2.45, 2.75) is 32.1 Å². The van der Waals surface area contributed by atoms with Gasteiger partial charge in [0, 0.05) is 18.2 Å². The Morgan fingerprint density at radius 3 is 2.37 bits per heavy atom. The molecule has 0 saturated heterocycles. The topological polar surface area (TPSA) is 98.5 Å². The SMILES string of the molecule is COc1ccc(C(CC(C)C)NS(=O)(=O)Cc2cccc([N+](=O)[O-])c2)cc1. The summed E-state index contributed by atoms with van der Waals surface area (Å²) >= 11 is 0. The maximum atomic E-state index is 12.7. The van der Waals surface area contributed by atoms with E-state index in [-0.39, 0.29) is 23.4 Å². The van der Waals surface area contributed by atoms with Gasteiger partial charge in [-0.15, -0.1) is 0 Å². The molecule has 1 N–H and O–H groups in total. The third-order valence-electron chi connectivity index (χ3n) is 4.03. The van der Waals surface area contributed by atoms with Crippen LogP contribution in [-0.2, 0) is 15.8 Å². The largest absolute Gasteiger partial charge is 0.497 e. The van der Waals surface area contributed by atoms with Crippen molar-refractivity contribution in [2.75, 3.05) is 7.11 Å². The highest BCUT2D eigenvalue weighted by Crippen LogP contribution is 2.25. The van der Waals surface area contributed by atoms with Crippen LogP contribution >= 0.6 is 0 Å². The predicted molar refractivity (Wildman–Crippen MR) is 104 cm³/mol. The Kier molecular flexibility index (Phi) is 6.92. The summed E-state index contributed by atoms with van der Waals surface area (Å²) in [6, 6.07) is 12.5. The Bertz CT molecular complexity index is 879. The molecular weight excluding hydrogens is 368 g/mol. The number of hydrogen-bond donors (Lipinski definition) is 1. The molecule has 0 saturated carbocycles. The van der Waals surface area contributed by atoms with Crippen molar-refractivity contribution in [1.82, 2.24) is 4.72 Å². The Hall–Kier alpha value is -2.45. The van der Waals surface area contributed by atoms with E-state index >= 15 is 0 Å². The zero-order valence-corrected chi connectivity index (χ0v) is 16.4. The summed E-state index contributed by atoms with van der Waals surface area (Å²) in [6.45, 7) is 4.04. The lowest BCUT2D eigenvalue weighted by Gasteiger charge is -2.21. The molecule has 0 fully saturated rings. The van der Waals surface area contributed by atoms with Gasteiger partial charge in [0.05, 0.1) is 17.8 Å². The summed E-state index contributed by atoms with van der Waals surface area (Å²) in [6.07, 6.45) is 0.625. The van der Waals surface area contributed by atoms with Crippen LogP contribution < -0.4 is 9.46 Å². The molecule has 0 aliphatic heterocycles. The zero-order valence-electron chi connectivity index (χ0n) is 15.6. The number of nitrogens with one attached hydrogen (secondary N) is 1. The molecule has 0 aliphatic carbocycles. The van der Waals surface area contributed by atoms with Crippen LogP contribution in [0.1, 0.15) is 37.4 Å². The van der Waals surface area contributed by atoms with Crippen LogP contribution in [0.4, 0.5) is 5.69 Å². The maximum Gasteiger partial charge on any atom is 0.269 e. The third-order valence-corrected chi connectivity index (χ3v) is 5.38. The highest BCUT2D eigenvalue weighted by atomic mass is 32.2. The van der Waals surface area contributed by atoms with Gasteiger partial charge in [0.2, 0.25) is 10.0 Å². The first kappa shape index (κ1) is 20.9. The molecular formula is C19H24N2O5S. The van der Waals surface area contributed by atoms with Gasteiger partial charge in [-0.3, -0.25) is 10.1 Å². The van der Waals surface area contributed by atoms with Gasteiger partial charge in [0.1, 0.15) is 5.75 Å². The quantitative estimate of drug-likeness (QED) is 0.517. The molecule has 0 aromatic heterocycles. The number of sulfonamides is 1. The minimum Gasteiger partial charge on any atom is -0.497 e. The average Bonchev–Trinajstić information content (AvgIpc) is 2.60. The van der Waals surface area contributed by atoms with Crippen molar-refractivity contribution in [3.63, 3.8) is 0 Å². The summed E-state index contributed by atoms with van der Waals surface area (Å²) in [4.78, 5) is 10.3. The Morgan fingerprint density at radius 2 is 1.81 bits per heavy atom.